The topological polar surface area (TPSA) is 63.1 Å². The lowest BCUT2D eigenvalue weighted by Gasteiger charge is -2.23. The van der Waals surface area contributed by atoms with Crippen LogP contribution in [0.25, 0.3) is 5.69 Å². The number of halogens is 1. The van der Waals surface area contributed by atoms with Gasteiger partial charge in [-0.05, 0) is 60.7 Å². The molecule has 1 aromatic heterocycles. The monoisotopic (exact) mass is 539 g/mol. The maximum atomic E-state index is 13.4. The fraction of sp³-hybridized carbons (Fsp3) is 0.100. The summed E-state index contributed by atoms with van der Waals surface area (Å²) in [5.74, 6) is 1.35. The predicted octanol–water partition coefficient (Wildman–Crippen LogP) is 7.38. The molecule has 4 aromatic carbocycles. The first-order valence-electron chi connectivity index (χ1n) is 12.2. The maximum Gasteiger partial charge on any atom is 0.232 e. The number of hydrogen-bond acceptors (Lipinski definition) is 5. The van der Waals surface area contributed by atoms with E-state index in [1.54, 1.807) is 4.90 Å². The highest BCUT2D eigenvalue weighted by molar-refractivity contribution is 7.99. The number of carbonyl (C=O) groups is 1. The second-order valence-corrected chi connectivity index (χ2v) is 9.93. The number of nitrogens with one attached hydrogen (secondary N) is 1. The molecule has 1 heterocycles. The van der Waals surface area contributed by atoms with Crippen LogP contribution in [0.5, 0.6) is 0 Å². The number of nitrogens with zero attached hydrogens (tertiary/aromatic N) is 4. The quantitative estimate of drug-likeness (QED) is 0.188. The zero-order chi connectivity index (χ0) is 26.2. The number of para-hydroxylation sites is 3. The van der Waals surface area contributed by atoms with Crippen molar-refractivity contribution in [3.8, 4) is 5.69 Å². The molecule has 0 radical (unpaired) electrons. The van der Waals surface area contributed by atoms with Crippen molar-refractivity contribution in [2.75, 3.05) is 16.0 Å². The van der Waals surface area contributed by atoms with Crippen LogP contribution < -0.4 is 10.2 Å². The van der Waals surface area contributed by atoms with Crippen molar-refractivity contribution in [2.24, 2.45) is 0 Å². The highest BCUT2D eigenvalue weighted by Gasteiger charge is 2.19. The Kier molecular flexibility index (Phi) is 8.38. The molecule has 0 aliphatic heterocycles. The van der Waals surface area contributed by atoms with E-state index in [1.807, 2.05) is 120 Å². The minimum Gasteiger partial charge on any atom is -0.378 e. The van der Waals surface area contributed by atoms with E-state index in [0.717, 1.165) is 33.7 Å². The van der Waals surface area contributed by atoms with E-state index in [-0.39, 0.29) is 5.91 Å². The molecule has 5 rings (SSSR count). The average Bonchev–Trinajstić information content (AvgIpc) is 3.37. The second kappa shape index (κ2) is 12.4. The lowest BCUT2D eigenvalue weighted by Crippen LogP contribution is -2.26. The second-order valence-electron chi connectivity index (χ2n) is 8.43. The van der Waals surface area contributed by atoms with Crippen LogP contribution in [0, 0.1) is 0 Å². The van der Waals surface area contributed by atoms with Crippen LogP contribution in [-0.4, -0.2) is 26.4 Å². The smallest absolute Gasteiger partial charge is 0.232 e. The normalized spacial score (nSPS) is 10.8. The number of benzene rings is 4. The zero-order valence-electron chi connectivity index (χ0n) is 20.6. The Morgan fingerprint density at radius 2 is 1.37 bits per heavy atom. The molecular formula is C30H26ClN5OS. The number of aromatic nitrogens is 3. The maximum absolute atomic E-state index is 13.4. The van der Waals surface area contributed by atoms with Gasteiger partial charge in [0, 0.05) is 39.9 Å². The van der Waals surface area contributed by atoms with Crippen LogP contribution in [0.15, 0.2) is 120 Å². The van der Waals surface area contributed by atoms with Crippen molar-refractivity contribution >= 4 is 46.3 Å². The highest BCUT2D eigenvalue weighted by Crippen LogP contribution is 2.28. The Labute approximate surface area is 231 Å². The third-order valence-electron chi connectivity index (χ3n) is 5.83. The van der Waals surface area contributed by atoms with E-state index in [4.69, 9.17) is 11.6 Å². The fourth-order valence-corrected chi connectivity index (χ4v) is 5.05. The molecule has 0 atom stereocenters. The van der Waals surface area contributed by atoms with Crippen molar-refractivity contribution in [3.63, 3.8) is 0 Å². The molecule has 0 aliphatic carbocycles. The Morgan fingerprint density at radius 3 is 1.97 bits per heavy atom. The van der Waals surface area contributed by atoms with Crippen LogP contribution in [0.2, 0.25) is 5.02 Å². The van der Waals surface area contributed by atoms with Crippen molar-refractivity contribution in [3.05, 3.63) is 126 Å². The summed E-state index contributed by atoms with van der Waals surface area (Å²) in [5, 5.41) is 13.7. The molecule has 38 heavy (non-hydrogen) atoms. The first-order valence-corrected chi connectivity index (χ1v) is 13.6. The largest absolute Gasteiger partial charge is 0.378 e. The Balaban J connectivity index is 1.32. The van der Waals surface area contributed by atoms with Crippen LogP contribution >= 0.6 is 23.4 Å². The Bertz CT molecular complexity index is 1420. The van der Waals surface area contributed by atoms with E-state index in [2.05, 4.69) is 15.5 Å². The number of thioether (sulfide) groups is 1. The predicted molar refractivity (Wildman–Crippen MR) is 156 cm³/mol. The number of carbonyl (C=O) groups excluding carboxylic acids is 1. The summed E-state index contributed by atoms with van der Waals surface area (Å²) < 4.78 is 2.03. The summed E-state index contributed by atoms with van der Waals surface area (Å²) in [6.07, 6.45) is 0.342. The zero-order valence-corrected chi connectivity index (χ0v) is 22.1. The molecule has 0 saturated carbocycles. The van der Waals surface area contributed by atoms with E-state index < -0.39 is 0 Å². The summed E-state index contributed by atoms with van der Waals surface area (Å²) in [7, 11) is 0. The fourth-order valence-electron chi connectivity index (χ4n) is 4.03. The van der Waals surface area contributed by atoms with E-state index in [9.17, 15) is 4.79 Å². The van der Waals surface area contributed by atoms with Crippen molar-refractivity contribution < 1.29 is 4.79 Å². The minimum atomic E-state index is 0.0188. The van der Waals surface area contributed by atoms with Gasteiger partial charge < -0.3 is 5.32 Å². The van der Waals surface area contributed by atoms with Crippen LogP contribution in [-0.2, 0) is 11.3 Å². The van der Waals surface area contributed by atoms with Gasteiger partial charge in [-0.25, -0.2) is 0 Å². The lowest BCUT2D eigenvalue weighted by molar-refractivity contribution is -0.117. The molecule has 8 heteroatoms. The minimum absolute atomic E-state index is 0.0188. The van der Waals surface area contributed by atoms with Crippen LogP contribution in [0.1, 0.15) is 12.2 Å². The van der Waals surface area contributed by atoms with Gasteiger partial charge in [-0.15, -0.1) is 10.2 Å². The molecule has 5 aromatic rings. The summed E-state index contributed by atoms with van der Waals surface area (Å²) in [6, 6.07) is 37.0. The van der Waals surface area contributed by atoms with Gasteiger partial charge >= 0.3 is 0 Å². The summed E-state index contributed by atoms with van der Waals surface area (Å²) in [6.45, 7) is 0.485. The molecule has 6 nitrogen and oxygen atoms in total. The number of amides is 1. The summed E-state index contributed by atoms with van der Waals surface area (Å²) >= 11 is 7.53. The molecule has 190 valence electrons. The lowest BCUT2D eigenvalue weighted by atomic mass is 10.2. The third kappa shape index (κ3) is 6.25. The van der Waals surface area contributed by atoms with Gasteiger partial charge in [0.2, 0.25) is 5.91 Å². The molecule has 1 N–H and O–H groups in total. The first-order chi connectivity index (χ1) is 18.7. The first kappa shape index (κ1) is 25.6. The molecule has 0 unspecified atom stereocenters. The average molecular weight is 540 g/mol. The van der Waals surface area contributed by atoms with Gasteiger partial charge in [-0.3, -0.25) is 14.3 Å². The van der Waals surface area contributed by atoms with Gasteiger partial charge in [0.1, 0.15) is 0 Å². The van der Waals surface area contributed by atoms with Crippen molar-refractivity contribution in [1.82, 2.24) is 14.8 Å². The van der Waals surface area contributed by atoms with Gasteiger partial charge in [-0.1, -0.05) is 78.0 Å². The van der Waals surface area contributed by atoms with Gasteiger partial charge in [0.05, 0.1) is 6.54 Å². The molecule has 0 bridgehead atoms. The molecule has 1 amide bonds. The molecule has 0 aliphatic rings. The number of rotatable bonds is 10. The highest BCUT2D eigenvalue weighted by atomic mass is 35.5. The van der Waals surface area contributed by atoms with Gasteiger partial charge in [-0.2, -0.15) is 0 Å². The number of anilines is 3. The third-order valence-corrected chi connectivity index (χ3v) is 7.02. The van der Waals surface area contributed by atoms with Crippen LogP contribution in [0.3, 0.4) is 0 Å². The van der Waals surface area contributed by atoms with Crippen LogP contribution in [0.4, 0.5) is 17.1 Å². The molecule has 0 saturated heterocycles. The molecular weight excluding hydrogens is 514 g/mol. The van der Waals surface area contributed by atoms with Gasteiger partial charge in [0.15, 0.2) is 11.0 Å². The van der Waals surface area contributed by atoms with E-state index in [0.29, 0.717) is 23.7 Å². The summed E-state index contributed by atoms with van der Waals surface area (Å²) in [4.78, 5) is 15.2. The number of hydrogen-bond donors (Lipinski definition) is 1. The molecule has 0 spiro atoms. The summed E-state index contributed by atoms with van der Waals surface area (Å²) in [5.41, 5.74) is 3.60. The van der Waals surface area contributed by atoms with Gasteiger partial charge in [0.25, 0.3) is 0 Å². The molecule has 0 fully saturated rings. The van der Waals surface area contributed by atoms with E-state index in [1.165, 1.54) is 11.8 Å². The standard InChI is InChI=1S/C30H26ClN5OS/c31-23-16-18-24(19-17-23)32-22-28-33-34-30(36(28)27-14-8-3-9-15-27)38-21-20-29(37)35(25-10-4-1-5-11-25)26-12-6-2-7-13-26/h1-19,32H,20-22H2. The van der Waals surface area contributed by atoms with Crippen molar-refractivity contribution in [1.29, 1.82) is 0 Å². The van der Waals surface area contributed by atoms with E-state index >= 15 is 0 Å². The Hall–Kier alpha value is -4.07. The Morgan fingerprint density at radius 1 is 0.789 bits per heavy atom. The van der Waals surface area contributed by atoms with Crippen molar-refractivity contribution in [2.45, 2.75) is 18.1 Å². The SMILES string of the molecule is O=C(CCSc1nnc(CNc2ccc(Cl)cc2)n1-c1ccccc1)N(c1ccccc1)c1ccccc1.